The number of nitrogens with one attached hydrogen (secondary N) is 1. The summed E-state index contributed by atoms with van der Waals surface area (Å²) in [5.74, 6) is 0.209. The van der Waals surface area contributed by atoms with E-state index in [0.717, 1.165) is 31.9 Å². The number of aromatic nitrogens is 4. The Morgan fingerprint density at radius 3 is 2.69 bits per heavy atom. The average molecular weight is 393 g/mol. The predicted molar refractivity (Wildman–Crippen MR) is 108 cm³/mol. The average Bonchev–Trinajstić information content (AvgIpc) is 3.24. The quantitative estimate of drug-likeness (QED) is 0.700. The fraction of sp³-hybridized carbons (Fsp3) is 0.250. The Morgan fingerprint density at radius 1 is 1.14 bits per heavy atom. The van der Waals surface area contributed by atoms with E-state index in [0.29, 0.717) is 28.6 Å². The Labute approximate surface area is 167 Å². The maximum atomic E-state index is 13.6. The molecule has 9 heteroatoms. The number of amides is 2. The second-order valence-corrected chi connectivity index (χ2v) is 6.83. The largest absolute Gasteiger partial charge is 0.396 e. The maximum Gasteiger partial charge on any atom is 0.329 e. The Bertz CT molecular complexity index is 1010. The number of hydrogen-bond acceptors (Lipinski definition) is 6. The summed E-state index contributed by atoms with van der Waals surface area (Å²) >= 11 is 0. The topological polar surface area (TPSA) is 110 Å². The van der Waals surface area contributed by atoms with E-state index in [-0.39, 0.29) is 12.1 Å². The van der Waals surface area contributed by atoms with E-state index in [1.165, 1.54) is 30.9 Å². The van der Waals surface area contributed by atoms with Crippen LogP contribution in [0.1, 0.15) is 25.7 Å². The van der Waals surface area contributed by atoms with Crippen LogP contribution < -0.4 is 16.0 Å². The standard InChI is InChI=1S/C20H20FN7O/c21-14-9-13(10-24-11-14)17-6-5-16(22)19(26-17)28(15-3-1-2-4-15)20(29)27-18-12-23-7-8-25-18/h5-12,15H,1-4,22H2,(H,25,27,29). The third-order valence-corrected chi connectivity index (χ3v) is 4.84. The molecular weight excluding hydrogens is 373 g/mol. The SMILES string of the molecule is Nc1ccc(-c2cncc(F)c2)nc1N(C(=O)Nc1cnccn1)C1CCCC1. The van der Waals surface area contributed by atoms with Gasteiger partial charge >= 0.3 is 6.03 Å². The zero-order chi connectivity index (χ0) is 20.2. The summed E-state index contributed by atoms with van der Waals surface area (Å²) in [5, 5.41) is 2.76. The van der Waals surface area contributed by atoms with E-state index in [1.807, 2.05) is 0 Å². The van der Waals surface area contributed by atoms with Crippen molar-refractivity contribution in [3.05, 3.63) is 55.0 Å². The van der Waals surface area contributed by atoms with Gasteiger partial charge in [0.25, 0.3) is 0 Å². The molecule has 8 nitrogen and oxygen atoms in total. The summed E-state index contributed by atoms with van der Waals surface area (Å²) in [6.45, 7) is 0. The molecule has 0 aliphatic heterocycles. The molecule has 1 aliphatic rings. The Balaban J connectivity index is 1.72. The highest BCUT2D eigenvalue weighted by atomic mass is 19.1. The summed E-state index contributed by atoms with van der Waals surface area (Å²) in [7, 11) is 0. The minimum Gasteiger partial charge on any atom is -0.396 e. The first kappa shape index (κ1) is 18.7. The number of urea groups is 1. The number of hydrogen-bond donors (Lipinski definition) is 2. The molecule has 0 saturated heterocycles. The minimum atomic E-state index is -0.462. The molecule has 0 atom stereocenters. The highest BCUT2D eigenvalue weighted by Crippen LogP contribution is 2.33. The molecule has 4 rings (SSSR count). The van der Waals surface area contributed by atoms with Crippen molar-refractivity contribution in [2.45, 2.75) is 31.7 Å². The summed E-state index contributed by atoms with van der Waals surface area (Å²) in [6.07, 6.45) is 10.9. The van der Waals surface area contributed by atoms with Crippen LogP contribution in [-0.2, 0) is 0 Å². The molecule has 29 heavy (non-hydrogen) atoms. The van der Waals surface area contributed by atoms with Gasteiger partial charge in [-0.2, -0.15) is 0 Å². The molecule has 0 bridgehead atoms. The number of nitrogens with two attached hydrogens (primary N) is 1. The molecule has 3 aromatic rings. The van der Waals surface area contributed by atoms with E-state index in [2.05, 4.69) is 25.3 Å². The molecule has 1 aliphatic carbocycles. The molecule has 0 aromatic carbocycles. The normalized spacial score (nSPS) is 14.0. The van der Waals surface area contributed by atoms with Gasteiger partial charge in [-0.1, -0.05) is 12.8 Å². The highest BCUT2D eigenvalue weighted by molar-refractivity contribution is 6.02. The van der Waals surface area contributed by atoms with E-state index < -0.39 is 5.82 Å². The summed E-state index contributed by atoms with van der Waals surface area (Å²) in [6, 6.07) is 4.27. The number of rotatable bonds is 4. The second-order valence-electron chi connectivity index (χ2n) is 6.83. The molecule has 2 amide bonds. The zero-order valence-electron chi connectivity index (χ0n) is 15.6. The number of anilines is 3. The van der Waals surface area contributed by atoms with Crippen molar-refractivity contribution in [1.29, 1.82) is 0 Å². The van der Waals surface area contributed by atoms with Crippen LogP contribution in [0.25, 0.3) is 11.3 Å². The fourth-order valence-corrected chi connectivity index (χ4v) is 3.50. The van der Waals surface area contributed by atoms with Crippen LogP contribution in [0.3, 0.4) is 0 Å². The van der Waals surface area contributed by atoms with Crippen molar-refractivity contribution in [3.63, 3.8) is 0 Å². The lowest BCUT2D eigenvalue weighted by molar-refractivity contribution is 0.254. The smallest absolute Gasteiger partial charge is 0.329 e. The first-order chi connectivity index (χ1) is 14.1. The van der Waals surface area contributed by atoms with Crippen molar-refractivity contribution in [1.82, 2.24) is 19.9 Å². The lowest BCUT2D eigenvalue weighted by Gasteiger charge is -2.29. The Kier molecular flexibility index (Phi) is 5.28. The van der Waals surface area contributed by atoms with Crippen LogP contribution in [-0.4, -0.2) is 32.0 Å². The van der Waals surface area contributed by atoms with Gasteiger partial charge < -0.3 is 5.73 Å². The molecule has 1 saturated carbocycles. The molecular formula is C20H20FN7O. The summed E-state index contributed by atoms with van der Waals surface area (Å²) < 4.78 is 13.6. The van der Waals surface area contributed by atoms with E-state index in [9.17, 15) is 9.18 Å². The number of nitrogens with zero attached hydrogens (tertiary/aromatic N) is 5. The van der Waals surface area contributed by atoms with Gasteiger partial charge in [-0.25, -0.2) is 19.2 Å². The third kappa shape index (κ3) is 4.13. The molecule has 1 fully saturated rings. The van der Waals surface area contributed by atoms with Crippen LogP contribution >= 0.6 is 0 Å². The monoisotopic (exact) mass is 393 g/mol. The van der Waals surface area contributed by atoms with Crippen LogP contribution in [0.15, 0.2) is 49.2 Å². The lowest BCUT2D eigenvalue weighted by Crippen LogP contribution is -2.43. The highest BCUT2D eigenvalue weighted by Gasteiger charge is 2.31. The van der Waals surface area contributed by atoms with E-state index in [1.54, 1.807) is 17.0 Å². The van der Waals surface area contributed by atoms with E-state index >= 15 is 0 Å². The number of nitrogen functional groups attached to an aromatic ring is 1. The summed E-state index contributed by atoms with van der Waals surface area (Å²) in [5.41, 5.74) is 7.55. The maximum absolute atomic E-state index is 13.6. The number of halogens is 1. The van der Waals surface area contributed by atoms with Gasteiger partial charge in [0.05, 0.1) is 23.8 Å². The van der Waals surface area contributed by atoms with Gasteiger partial charge in [0.2, 0.25) is 0 Å². The van der Waals surface area contributed by atoms with Crippen molar-refractivity contribution in [3.8, 4) is 11.3 Å². The minimum absolute atomic E-state index is 0.0395. The van der Waals surface area contributed by atoms with Crippen LogP contribution in [0, 0.1) is 5.82 Å². The first-order valence-electron chi connectivity index (χ1n) is 9.35. The van der Waals surface area contributed by atoms with Gasteiger partial charge in [-0.05, 0) is 31.0 Å². The predicted octanol–water partition coefficient (Wildman–Crippen LogP) is 3.64. The molecule has 3 heterocycles. The molecule has 3 N–H and O–H groups in total. The van der Waals surface area contributed by atoms with Crippen molar-refractivity contribution in [2.24, 2.45) is 0 Å². The first-order valence-corrected chi connectivity index (χ1v) is 9.35. The van der Waals surface area contributed by atoms with Crippen LogP contribution in [0.2, 0.25) is 0 Å². The molecule has 3 aromatic heterocycles. The van der Waals surface area contributed by atoms with Gasteiger partial charge in [0.15, 0.2) is 11.6 Å². The van der Waals surface area contributed by atoms with Crippen molar-refractivity contribution < 1.29 is 9.18 Å². The fourth-order valence-electron chi connectivity index (χ4n) is 3.50. The zero-order valence-corrected chi connectivity index (χ0v) is 15.6. The van der Waals surface area contributed by atoms with Crippen LogP contribution in [0.5, 0.6) is 0 Å². The second kappa shape index (κ2) is 8.17. The number of carbonyl (C=O) groups excluding carboxylic acids is 1. The lowest BCUT2D eigenvalue weighted by atomic mass is 10.1. The third-order valence-electron chi connectivity index (χ3n) is 4.84. The van der Waals surface area contributed by atoms with Gasteiger partial charge in [-0.3, -0.25) is 20.2 Å². The summed E-state index contributed by atoms with van der Waals surface area (Å²) in [4.78, 5) is 31.2. The number of pyridine rings is 2. The van der Waals surface area contributed by atoms with Crippen molar-refractivity contribution in [2.75, 3.05) is 16.0 Å². The Hall–Kier alpha value is -3.62. The molecule has 0 unspecified atom stereocenters. The number of carbonyl (C=O) groups is 1. The van der Waals surface area contributed by atoms with Gasteiger partial charge in [0.1, 0.15) is 5.82 Å². The van der Waals surface area contributed by atoms with Crippen molar-refractivity contribution >= 4 is 23.4 Å². The van der Waals surface area contributed by atoms with E-state index in [4.69, 9.17) is 5.73 Å². The van der Waals surface area contributed by atoms with Gasteiger partial charge in [-0.15, -0.1) is 0 Å². The van der Waals surface area contributed by atoms with Crippen LogP contribution in [0.4, 0.5) is 26.5 Å². The van der Waals surface area contributed by atoms with Gasteiger partial charge in [0, 0.05) is 30.2 Å². The Morgan fingerprint density at radius 2 is 1.97 bits per heavy atom. The molecule has 0 radical (unpaired) electrons. The molecule has 148 valence electrons. The molecule has 0 spiro atoms.